The molecule has 118 valence electrons. The Bertz CT molecular complexity index is 860. The van der Waals surface area contributed by atoms with Gasteiger partial charge in [0.1, 0.15) is 11.3 Å². The molecule has 0 N–H and O–H groups in total. The average Bonchev–Trinajstić information content (AvgIpc) is 2.86. The Morgan fingerprint density at radius 1 is 1.22 bits per heavy atom. The molecular formula is C16H13Cl2N3O2. The zero-order chi connectivity index (χ0) is 16.4. The second kappa shape index (κ2) is 6.56. The summed E-state index contributed by atoms with van der Waals surface area (Å²) in [5.74, 6) is -0.329. The zero-order valence-electron chi connectivity index (χ0n) is 12.3. The lowest BCUT2D eigenvalue weighted by atomic mass is 10.2. The van der Waals surface area contributed by atoms with Crippen molar-refractivity contribution in [1.29, 1.82) is 0 Å². The molecule has 0 atom stereocenters. The van der Waals surface area contributed by atoms with E-state index in [4.69, 9.17) is 27.9 Å². The highest BCUT2D eigenvalue weighted by molar-refractivity contribution is 6.30. The van der Waals surface area contributed by atoms with E-state index in [-0.39, 0.29) is 12.4 Å². The van der Waals surface area contributed by atoms with Crippen molar-refractivity contribution in [1.82, 2.24) is 14.4 Å². The van der Waals surface area contributed by atoms with Crippen LogP contribution < -0.4 is 0 Å². The number of hydrogen-bond acceptors (Lipinski definition) is 4. The van der Waals surface area contributed by atoms with Gasteiger partial charge in [0, 0.05) is 12.4 Å². The van der Waals surface area contributed by atoms with Crippen molar-refractivity contribution in [2.24, 2.45) is 0 Å². The number of esters is 1. The van der Waals surface area contributed by atoms with Gasteiger partial charge in [-0.25, -0.2) is 4.98 Å². The van der Waals surface area contributed by atoms with Crippen molar-refractivity contribution in [3.05, 3.63) is 52.4 Å². The normalized spacial score (nSPS) is 10.9. The third-order valence-electron chi connectivity index (χ3n) is 3.27. The first kappa shape index (κ1) is 15.8. The smallest absolute Gasteiger partial charge is 0.311 e. The first-order valence-corrected chi connectivity index (χ1v) is 7.78. The minimum Gasteiger partial charge on any atom is -0.466 e. The van der Waals surface area contributed by atoms with E-state index in [1.807, 2.05) is 0 Å². The summed E-state index contributed by atoms with van der Waals surface area (Å²) in [5.41, 5.74) is 2.60. The highest BCUT2D eigenvalue weighted by Gasteiger charge is 2.18. The molecule has 0 aliphatic rings. The van der Waals surface area contributed by atoms with Gasteiger partial charge in [-0.15, -0.1) is 0 Å². The van der Waals surface area contributed by atoms with Gasteiger partial charge in [0.25, 0.3) is 0 Å². The maximum absolute atomic E-state index is 11.9. The number of nitrogens with zero attached hydrogens (tertiary/aromatic N) is 3. The highest BCUT2D eigenvalue weighted by atomic mass is 35.5. The van der Waals surface area contributed by atoms with E-state index in [9.17, 15) is 4.79 Å². The maximum Gasteiger partial charge on any atom is 0.311 e. The molecule has 0 spiro atoms. The van der Waals surface area contributed by atoms with E-state index in [1.54, 1.807) is 48.0 Å². The topological polar surface area (TPSA) is 56.5 Å². The molecule has 0 unspecified atom stereocenters. The van der Waals surface area contributed by atoms with Gasteiger partial charge < -0.3 is 9.14 Å². The van der Waals surface area contributed by atoms with E-state index in [0.717, 1.165) is 0 Å². The van der Waals surface area contributed by atoms with Crippen LogP contribution >= 0.6 is 23.2 Å². The molecule has 3 aromatic heterocycles. The van der Waals surface area contributed by atoms with Gasteiger partial charge in [-0.05, 0) is 31.2 Å². The van der Waals surface area contributed by atoms with Crippen LogP contribution in [0.1, 0.15) is 12.6 Å². The minimum atomic E-state index is -0.329. The Morgan fingerprint density at radius 2 is 2.00 bits per heavy atom. The summed E-state index contributed by atoms with van der Waals surface area (Å²) in [5, 5.41) is 1.09. The second-order valence-electron chi connectivity index (χ2n) is 4.83. The number of imidazole rings is 1. The van der Waals surface area contributed by atoms with Crippen molar-refractivity contribution in [2.75, 3.05) is 6.61 Å². The monoisotopic (exact) mass is 349 g/mol. The summed E-state index contributed by atoms with van der Waals surface area (Å²) in [6.07, 6.45) is 3.34. The van der Waals surface area contributed by atoms with Crippen molar-refractivity contribution < 1.29 is 9.53 Å². The lowest BCUT2D eigenvalue weighted by Crippen LogP contribution is -2.10. The van der Waals surface area contributed by atoms with Crippen LogP contribution in [0, 0.1) is 0 Å². The van der Waals surface area contributed by atoms with E-state index in [2.05, 4.69) is 9.97 Å². The number of carbonyl (C=O) groups excluding carboxylic acids is 1. The van der Waals surface area contributed by atoms with Crippen LogP contribution in [-0.4, -0.2) is 26.9 Å². The number of rotatable bonds is 4. The molecule has 23 heavy (non-hydrogen) atoms. The Morgan fingerprint density at radius 3 is 2.70 bits per heavy atom. The molecule has 3 rings (SSSR count). The Kier molecular flexibility index (Phi) is 4.50. The molecule has 0 aliphatic heterocycles. The van der Waals surface area contributed by atoms with Gasteiger partial charge >= 0.3 is 5.97 Å². The number of halogens is 2. The number of ether oxygens (including phenoxy) is 1. The van der Waals surface area contributed by atoms with Crippen LogP contribution in [0.25, 0.3) is 17.0 Å². The zero-order valence-corrected chi connectivity index (χ0v) is 13.8. The number of aromatic nitrogens is 3. The molecule has 0 bridgehead atoms. The van der Waals surface area contributed by atoms with E-state index < -0.39 is 0 Å². The van der Waals surface area contributed by atoms with Crippen molar-refractivity contribution >= 4 is 34.8 Å². The van der Waals surface area contributed by atoms with Gasteiger partial charge in [0.2, 0.25) is 0 Å². The Balaban J connectivity index is 2.15. The van der Waals surface area contributed by atoms with Crippen LogP contribution in [0.5, 0.6) is 0 Å². The van der Waals surface area contributed by atoms with Crippen LogP contribution in [0.15, 0.2) is 36.7 Å². The summed E-state index contributed by atoms with van der Waals surface area (Å²) in [4.78, 5) is 20.8. The summed E-state index contributed by atoms with van der Waals surface area (Å²) >= 11 is 12.0. The molecule has 3 aromatic rings. The summed E-state index contributed by atoms with van der Waals surface area (Å²) < 4.78 is 6.83. The quantitative estimate of drug-likeness (QED) is 0.672. The van der Waals surface area contributed by atoms with Gasteiger partial charge in [-0.1, -0.05) is 23.2 Å². The molecule has 0 aromatic carbocycles. The number of pyridine rings is 2. The first-order chi connectivity index (χ1) is 11.1. The number of carbonyl (C=O) groups is 1. The number of fused-ring (bicyclic) bond motifs is 1. The van der Waals surface area contributed by atoms with Crippen molar-refractivity contribution in [2.45, 2.75) is 13.3 Å². The molecule has 3 heterocycles. The van der Waals surface area contributed by atoms with Crippen molar-refractivity contribution in [3.8, 4) is 11.4 Å². The minimum absolute atomic E-state index is 0.0784. The Labute approximate surface area is 142 Å². The maximum atomic E-state index is 11.9. The standard InChI is InChI=1S/C16H13Cl2N3O2/c1-2-23-15(22)7-13-16(12-5-3-10(17)8-19-12)20-14-6-4-11(18)9-21(13)14/h3-6,8-9H,2,7H2,1H3. The lowest BCUT2D eigenvalue weighted by molar-refractivity contribution is -0.142. The molecule has 7 heteroatoms. The molecule has 0 radical (unpaired) electrons. The van der Waals surface area contributed by atoms with Crippen molar-refractivity contribution in [3.63, 3.8) is 0 Å². The predicted octanol–water partition coefficient (Wildman–Crippen LogP) is 3.81. The fraction of sp³-hybridized carbons (Fsp3) is 0.188. The summed E-state index contributed by atoms with van der Waals surface area (Å²) in [6, 6.07) is 7.03. The largest absolute Gasteiger partial charge is 0.466 e. The second-order valence-corrected chi connectivity index (χ2v) is 5.70. The van der Waals surface area contributed by atoms with Crippen LogP contribution in [0.3, 0.4) is 0 Å². The molecule has 0 fully saturated rings. The molecule has 0 amide bonds. The highest BCUT2D eigenvalue weighted by Crippen LogP contribution is 2.25. The average molecular weight is 350 g/mol. The molecule has 0 aliphatic carbocycles. The fourth-order valence-corrected chi connectivity index (χ4v) is 2.58. The summed E-state index contributed by atoms with van der Waals surface area (Å²) in [7, 11) is 0. The van der Waals surface area contributed by atoms with Gasteiger partial charge in [-0.2, -0.15) is 0 Å². The van der Waals surface area contributed by atoms with E-state index in [0.29, 0.717) is 39.4 Å². The Hall–Kier alpha value is -2.11. The van der Waals surface area contributed by atoms with E-state index >= 15 is 0 Å². The third kappa shape index (κ3) is 3.30. The van der Waals surface area contributed by atoms with E-state index in [1.165, 1.54) is 0 Å². The fourth-order valence-electron chi connectivity index (χ4n) is 2.31. The summed E-state index contributed by atoms with van der Waals surface area (Å²) in [6.45, 7) is 2.09. The van der Waals surface area contributed by atoms with Gasteiger partial charge in [0.05, 0.1) is 34.5 Å². The van der Waals surface area contributed by atoms with Crippen LogP contribution in [0.2, 0.25) is 10.0 Å². The van der Waals surface area contributed by atoms with Crippen LogP contribution in [0.4, 0.5) is 0 Å². The SMILES string of the molecule is CCOC(=O)Cc1c(-c2ccc(Cl)cn2)nc2ccc(Cl)cn12. The molecule has 0 saturated carbocycles. The molecular weight excluding hydrogens is 337 g/mol. The lowest BCUT2D eigenvalue weighted by Gasteiger charge is -2.05. The van der Waals surface area contributed by atoms with Gasteiger partial charge in [0.15, 0.2) is 0 Å². The van der Waals surface area contributed by atoms with Gasteiger partial charge in [-0.3, -0.25) is 9.78 Å². The number of hydrogen-bond donors (Lipinski definition) is 0. The predicted molar refractivity (Wildman–Crippen MR) is 88.8 cm³/mol. The molecule has 0 saturated heterocycles. The molecule has 5 nitrogen and oxygen atoms in total. The first-order valence-electron chi connectivity index (χ1n) is 7.02. The third-order valence-corrected chi connectivity index (χ3v) is 3.72. The van der Waals surface area contributed by atoms with Crippen LogP contribution in [-0.2, 0) is 16.0 Å².